The first kappa shape index (κ1) is 14.4. The monoisotopic (exact) mass is 250 g/mol. The van der Waals surface area contributed by atoms with Crippen molar-refractivity contribution >= 4 is 5.84 Å². The molecule has 0 fully saturated rings. The van der Waals surface area contributed by atoms with Crippen LogP contribution < -0.4 is 5.73 Å². The molecule has 5 nitrogen and oxygen atoms in total. The molecule has 5 heteroatoms. The maximum atomic E-state index is 8.53. The summed E-state index contributed by atoms with van der Waals surface area (Å²) in [5, 5.41) is 11.5. The molecule has 1 heterocycles. The smallest absolute Gasteiger partial charge is 0.140 e. The zero-order valence-electron chi connectivity index (χ0n) is 11.1. The molecule has 1 aromatic heterocycles. The molecule has 0 saturated carbocycles. The average molecular weight is 250 g/mol. The van der Waals surface area contributed by atoms with Crippen LogP contribution in [0.1, 0.15) is 25.8 Å². The number of aromatic nitrogens is 1. The van der Waals surface area contributed by atoms with Crippen LogP contribution in [0.4, 0.5) is 0 Å². The minimum Gasteiger partial charge on any atom is -0.409 e. The van der Waals surface area contributed by atoms with Crippen molar-refractivity contribution in [2.45, 2.75) is 32.7 Å². The topological polar surface area (TPSA) is 74.7 Å². The number of nitrogens with two attached hydrogens (primary N) is 1. The third-order valence-corrected chi connectivity index (χ3v) is 2.95. The summed E-state index contributed by atoms with van der Waals surface area (Å²) in [7, 11) is 0. The van der Waals surface area contributed by atoms with Gasteiger partial charge in [0.2, 0.25) is 0 Å². The lowest BCUT2D eigenvalue weighted by molar-refractivity contribution is 0.229. The Morgan fingerprint density at radius 3 is 2.61 bits per heavy atom. The van der Waals surface area contributed by atoms with Crippen LogP contribution in [-0.4, -0.2) is 40.1 Å². The van der Waals surface area contributed by atoms with Crippen molar-refractivity contribution in [2.24, 2.45) is 10.9 Å². The van der Waals surface area contributed by atoms with E-state index >= 15 is 0 Å². The van der Waals surface area contributed by atoms with Gasteiger partial charge in [0, 0.05) is 37.9 Å². The van der Waals surface area contributed by atoms with Gasteiger partial charge in [0.25, 0.3) is 0 Å². The van der Waals surface area contributed by atoms with Gasteiger partial charge in [0.05, 0.1) is 0 Å². The first-order valence-corrected chi connectivity index (χ1v) is 6.23. The average Bonchev–Trinajstić information content (AvgIpc) is 2.39. The number of hydrogen-bond acceptors (Lipinski definition) is 4. The van der Waals surface area contributed by atoms with Crippen molar-refractivity contribution in [1.82, 2.24) is 9.88 Å². The summed E-state index contributed by atoms with van der Waals surface area (Å²) in [6.45, 7) is 6.07. The number of rotatable bonds is 7. The third-order valence-electron chi connectivity index (χ3n) is 2.95. The third kappa shape index (κ3) is 5.14. The van der Waals surface area contributed by atoms with Crippen molar-refractivity contribution in [3.8, 4) is 0 Å². The van der Waals surface area contributed by atoms with Crippen molar-refractivity contribution in [3.05, 3.63) is 30.1 Å². The lowest BCUT2D eigenvalue weighted by Crippen LogP contribution is -2.35. The number of nitrogens with zero attached hydrogens (tertiary/aromatic N) is 3. The number of amidine groups is 1. The van der Waals surface area contributed by atoms with E-state index in [1.54, 1.807) is 0 Å². The second kappa shape index (κ2) is 7.66. The van der Waals surface area contributed by atoms with Gasteiger partial charge in [0.15, 0.2) is 0 Å². The largest absolute Gasteiger partial charge is 0.409 e. The van der Waals surface area contributed by atoms with E-state index in [9.17, 15) is 0 Å². The zero-order chi connectivity index (χ0) is 13.4. The van der Waals surface area contributed by atoms with Gasteiger partial charge in [-0.25, -0.2) is 0 Å². The quantitative estimate of drug-likeness (QED) is 0.332. The predicted octanol–water partition coefficient (Wildman–Crippen LogP) is 1.47. The van der Waals surface area contributed by atoms with E-state index in [2.05, 4.69) is 28.9 Å². The van der Waals surface area contributed by atoms with Crippen LogP contribution in [-0.2, 0) is 6.42 Å². The Kier molecular flexibility index (Phi) is 6.14. The lowest BCUT2D eigenvalue weighted by Gasteiger charge is -2.26. The SMILES string of the molecule is CC(C)N(CCC(N)=NO)CCc1ccncc1. The maximum Gasteiger partial charge on any atom is 0.140 e. The minimum atomic E-state index is 0.282. The van der Waals surface area contributed by atoms with Crippen molar-refractivity contribution in [1.29, 1.82) is 0 Å². The standard InChI is InChI=1S/C13H22N4O/c1-11(2)17(10-6-13(14)16-18)9-5-12-3-7-15-8-4-12/h3-4,7-8,11,18H,5-6,9-10H2,1-2H3,(H2,14,16). The van der Waals surface area contributed by atoms with E-state index in [-0.39, 0.29) is 5.84 Å². The van der Waals surface area contributed by atoms with Crippen LogP contribution in [0.15, 0.2) is 29.7 Å². The van der Waals surface area contributed by atoms with Gasteiger partial charge in [-0.05, 0) is 38.0 Å². The van der Waals surface area contributed by atoms with E-state index in [0.717, 1.165) is 19.5 Å². The summed E-state index contributed by atoms with van der Waals surface area (Å²) < 4.78 is 0. The number of pyridine rings is 1. The first-order chi connectivity index (χ1) is 8.63. The Bertz CT molecular complexity index is 365. The summed E-state index contributed by atoms with van der Waals surface area (Å²) >= 11 is 0. The van der Waals surface area contributed by atoms with E-state index < -0.39 is 0 Å². The molecule has 0 unspecified atom stereocenters. The molecule has 0 aromatic carbocycles. The Hall–Kier alpha value is -1.62. The summed E-state index contributed by atoms with van der Waals surface area (Å²) in [6, 6.07) is 4.50. The molecule has 0 atom stereocenters. The van der Waals surface area contributed by atoms with Crippen molar-refractivity contribution < 1.29 is 5.21 Å². The molecule has 0 saturated heterocycles. The molecule has 100 valence electrons. The fourth-order valence-electron chi connectivity index (χ4n) is 1.76. The van der Waals surface area contributed by atoms with Crippen LogP contribution in [0, 0.1) is 0 Å². The summed E-state index contributed by atoms with van der Waals surface area (Å²) in [5.41, 5.74) is 6.77. The van der Waals surface area contributed by atoms with Gasteiger partial charge >= 0.3 is 0 Å². The summed E-state index contributed by atoms with van der Waals surface area (Å²) in [6.07, 6.45) is 5.19. The number of oxime groups is 1. The van der Waals surface area contributed by atoms with Gasteiger partial charge in [-0.1, -0.05) is 5.16 Å². The highest BCUT2D eigenvalue weighted by Crippen LogP contribution is 2.04. The molecule has 18 heavy (non-hydrogen) atoms. The van der Waals surface area contributed by atoms with E-state index in [0.29, 0.717) is 12.5 Å². The fourth-order valence-corrected chi connectivity index (χ4v) is 1.76. The summed E-state index contributed by atoms with van der Waals surface area (Å²) in [5.74, 6) is 0.282. The Morgan fingerprint density at radius 2 is 2.06 bits per heavy atom. The predicted molar refractivity (Wildman–Crippen MR) is 72.7 cm³/mol. The maximum absolute atomic E-state index is 8.53. The van der Waals surface area contributed by atoms with E-state index in [1.807, 2.05) is 24.5 Å². The summed E-state index contributed by atoms with van der Waals surface area (Å²) in [4.78, 5) is 6.32. The molecule has 0 radical (unpaired) electrons. The molecular formula is C13H22N4O. The number of hydrogen-bond donors (Lipinski definition) is 2. The van der Waals surface area contributed by atoms with Crippen LogP contribution in [0.2, 0.25) is 0 Å². The molecule has 0 aliphatic heterocycles. The van der Waals surface area contributed by atoms with E-state index in [1.165, 1.54) is 5.56 Å². The highest BCUT2D eigenvalue weighted by Gasteiger charge is 2.10. The highest BCUT2D eigenvalue weighted by molar-refractivity contribution is 5.79. The lowest BCUT2D eigenvalue weighted by atomic mass is 10.1. The molecule has 0 aliphatic rings. The molecule has 1 rings (SSSR count). The van der Waals surface area contributed by atoms with Crippen LogP contribution in [0.25, 0.3) is 0 Å². The van der Waals surface area contributed by atoms with Crippen LogP contribution in [0.3, 0.4) is 0 Å². The van der Waals surface area contributed by atoms with Crippen molar-refractivity contribution in [3.63, 3.8) is 0 Å². The van der Waals surface area contributed by atoms with Crippen LogP contribution >= 0.6 is 0 Å². The van der Waals surface area contributed by atoms with Crippen molar-refractivity contribution in [2.75, 3.05) is 13.1 Å². The Morgan fingerprint density at radius 1 is 1.39 bits per heavy atom. The Balaban J connectivity index is 2.43. The molecule has 0 bridgehead atoms. The van der Waals surface area contributed by atoms with Crippen LogP contribution in [0.5, 0.6) is 0 Å². The van der Waals surface area contributed by atoms with Gasteiger partial charge in [-0.15, -0.1) is 0 Å². The molecule has 3 N–H and O–H groups in total. The molecule has 0 aliphatic carbocycles. The van der Waals surface area contributed by atoms with Gasteiger partial charge < -0.3 is 15.8 Å². The normalized spacial score (nSPS) is 12.3. The highest BCUT2D eigenvalue weighted by atomic mass is 16.4. The molecule has 0 amide bonds. The first-order valence-electron chi connectivity index (χ1n) is 6.23. The van der Waals surface area contributed by atoms with Gasteiger partial charge in [-0.2, -0.15) is 0 Å². The fraction of sp³-hybridized carbons (Fsp3) is 0.538. The van der Waals surface area contributed by atoms with Gasteiger partial charge in [-0.3, -0.25) is 4.98 Å². The molecule has 1 aromatic rings. The van der Waals surface area contributed by atoms with Gasteiger partial charge in [0.1, 0.15) is 5.84 Å². The Labute approximate surface area is 108 Å². The minimum absolute atomic E-state index is 0.282. The second-order valence-corrected chi connectivity index (χ2v) is 4.58. The molecular weight excluding hydrogens is 228 g/mol. The van der Waals surface area contributed by atoms with E-state index in [4.69, 9.17) is 10.9 Å². The molecule has 0 spiro atoms. The second-order valence-electron chi connectivity index (χ2n) is 4.58. The zero-order valence-corrected chi connectivity index (χ0v) is 11.1.